The van der Waals surface area contributed by atoms with E-state index in [2.05, 4.69) is 10.3 Å². The van der Waals surface area contributed by atoms with Gasteiger partial charge in [-0.25, -0.2) is 4.98 Å². The second-order valence-electron chi connectivity index (χ2n) is 8.43. The Morgan fingerprint density at radius 2 is 1.71 bits per heavy atom. The van der Waals surface area contributed by atoms with Gasteiger partial charge in [0.25, 0.3) is 0 Å². The molecule has 2 heterocycles. The zero-order chi connectivity index (χ0) is 24.6. The van der Waals surface area contributed by atoms with Gasteiger partial charge in [0.05, 0.1) is 50.9 Å². The minimum Gasteiger partial charge on any atom is -0.352 e. The minimum absolute atomic E-state index is 0.0230. The largest absolute Gasteiger partial charge is 0.416 e. The number of halogens is 3. The van der Waals surface area contributed by atoms with Crippen LogP contribution in [0.15, 0.2) is 90.2 Å². The zero-order valence-corrected chi connectivity index (χ0v) is 19.1. The Balaban J connectivity index is 1.79. The molecule has 1 aromatic heterocycles. The molecule has 0 unspecified atom stereocenters. The molecule has 0 radical (unpaired) electrons. The molecule has 2 aliphatic rings. The summed E-state index contributed by atoms with van der Waals surface area (Å²) in [6, 6.07) is 20.3. The third kappa shape index (κ3) is 4.59. The minimum atomic E-state index is -4.40. The fourth-order valence-electron chi connectivity index (χ4n) is 4.00. The first-order valence-corrected chi connectivity index (χ1v) is 11.1. The summed E-state index contributed by atoms with van der Waals surface area (Å²) >= 11 is 0. The number of alkyl halides is 3. The highest BCUT2D eigenvalue weighted by molar-refractivity contribution is 5.84. The molecule has 0 saturated carbocycles. The van der Waals surface area contributed by atoms with Gasteiger partial charge in [0, 0.05) is 17.9 Å². The van der Waals surface area contributed by atoms with E-state index in [1.54, 1.807) is 12.4 Å². The lowest BCUT2D eigenvalue weighted by atomic mass is 10.1. The number of hydrogen-bond acceptors (Lipinski definition) is 4. The number of fused-ring (bicyclic) bond motifs is 2. The fourth-order valence-corrected chi connectivity index (χ4v) is 4.00. The summed E-state index contributed by atoms with van der Waals surface area (Å²) in [5.74, 6) is 0. The number of nitrogens with zero attached hydrogens (tertiary/aromatic N) is 4. The number of aromatic nitrogens is 3. The lowest BCUT2D eigenvalue weighted by Crippen LogP contribution is -2.16. The number of benzene rings is 3. The Labute approximate surface area is 200 Å². The van der Waals surface area contributed by atoms with E-state index in [1.807, 2.05) is 66.9 Å². The summed E-state index contributed by atoms with van der Waals surface area (Å²) in [7, 11) is 0. The van der Waals surface area contributed by atoms with Crippen molar-refractivity contribution in [1.82, 2.24) is 14.5 Å². The van der Waals surface area contributed by atoms with Crippen LogP contribution in [0, 0.1) is 0 Å². The number of rotatable bonds is 4. The van der Waals surface area contributed by atoms with Crippen molar-refractivity contribution < 1.29 is 13.2 Å². The topological polar surface area (TPSA) is 55.1 Å². The molecular formula is C27H22F3N5. The van der Waals surface area contributed by atoms with E-state index < -0.39 is 11.7 Å². The number of pyridine rings is 1. The van der Waals surface area contributed by atoms with Gasteiger partial charge in [-0.15, -0.1) is 0 Å². The molecule has 0 saturated heterocycles. The van der Waals surface area contributed by atoms with Crippen molar-refractivity contribution in [2.75, 3.05) is 5.32 Å². The fraction of sp³-hybridized carbons (Fsp3) is 0.148. The second-order valence-corrected chi connectivity index (χ2v) is 8.43. The van der Waals surface area contributed by atoms with Crippen molar-refractivity contribution in [3.8, 4) is 17.1 Å². The summed E-state index contributed by atoms with van der Waals surface area (Å²) in [4.78, 5) is 13.8. The molecule has 1 N–H and O–H groups in total. The van der Waals surface area contributed by atoms with Gasteiger partial charge in [0.2, 0.25) is 0 Å². The molecule has 0 fully saturated rings. The maximum Gasteiger partial charge on any atom is 0.416 e. The Morgan fingerprint density at radius 3 is 2.40 bits per heavy atom. The normalized spacial score (nSPS) is 12.6. The molecule has 0 amide bonds. The number of nitrogens with one attached hydrogen (secondary N) is 1. The molecule has 2 aromatic carbocycles. The van der Waals surface area contributed by atoms with Gasteiger partial charge in [-0.3, -0.25) is 9.98 Å². The Bertz CT molecular complexity index is 1520. The molecule has 0 spiro atoms. The van der Waals surface area contributed by atoms with Gasteiger partial charge in [0.1, 0.15) is 0 Å². The van der Waals surface area contributed by atoms with Gasteiger partial charge in [-0.1, -0.05) is 12.1 Å². The van der Waals surface area contributed by atoms with E-state index in [0.29, 0.717) is 16.7 Å². The van der Waals surface area contributed by atoms with Crippen molar-refractivity contribution in [3.63, 3.8) is 0 Å². The molecule has 8 heteroatoms. The average Bonchev–Trinajstić information content (AvgIpc) is 2.83. The number of para-hydroxylation sites is 2. The van der Waals surface area contributed by atoms with E-state index >= 15 is 0 Å². The molecule has 0 atom stereocenters. The highest BCUT2D eigenvalue weighted by Gasteiger charge is 2.30. The maximum atomic E-state index is 13.2. The monoisotopic (exact) mass is 473 g/mol. The lowest BCUT2D eigenvalue weighted by Gasteiger charge is -2.21. The lowest BCUT2D eigenvalue weighted by molar-refractivity contribution is -0.137. The van der Waals surface area contributed by atoms with Crippen LogP contribution in [0.5, 0.6) is 0 Å². The van der Waals surface area contributed by atoms with Gasteiger partial charge in [-0.05, 0) is 74.5 Å². The molecular weight excluding hydrogens is 451 g/mol. The Morgan fingerprint density at radius 1 is 0.943 bits per heavy atom. The van der Waals surface area contributed by atoms with Crippen LogP contribution < -0.4 is 10.7 Å². The third-order valence-corrected chi connectivity index (χ3v) is 5.49. The number of hydrogen-bond donors (Lipinski definition) is 1. The molecule has 1 aliphatic carbocycles. The van der Waals surface area contributed by atoms with Crippen LogP contribution in [-0.2, 0) is 6.18 Å². The van der Waals surface area contributed by atoms with Crippen molar-refractivity contribution in [3.05, 3.63) is 96.1 Å². The van der Waals surface area contributed by atoms with Crippen LogP contribution in [0.2, 0.25) is 0 Å². The van der Waals surface area contributed by atoms with E-state index in [9.17, 15) is 13.2 Å². The molecule has 0 bridgehead atoms. The molecule has 176 valence electrons. The van der Waals surface area contributed by atoms with E-state index in [-0.39, 0.29) is 6.04 Å². The van der Waals surface area contributed by atoms with Crippen molar-refractivity contribution >= 4 is 22.4 Å². The zero-order valence-electron chi connectivity index (χ0n) is 19.1. The standard InChI is InChI=1S/C27H22F3N5/c1-17(2)32-23-15-26-24(14-22(23)33-19-6-5-13-31-16-19)34-21-7-3-4-8-25(21)35(26)20-11-9-18(10-12-20)27(28,29)30/h3-17,33H,1-2H3/b32-23+. The summed E-state index contributed by atoms with van der Waals surface area (Å²) < 4.78 is 41.5. The van der Waals surface area contributed by atoms with Crippen molar-refractivity contribution in [2.24, 2.45) is 4.99 Å². The van der Waals surface area contributed by atoms with Crippen LogP contribution in [0.3, 0.4) is 0 Å². The molecule has 3 aromatic rings. The first kappa shape index (κ1) is 22.6. The quantitative estimate of drug-likeness (QED) is 0.299. The van der Waals surface area contributed by atoms with E-state index in [4.69, 9.17) is 9.98 Å². The molecule has 5 rings (SSSR count). The third-order valence-electron chi connectivity index (χ3n) is 5.49. The summed E-state index contributed by atoms with van der Waals surface area (Å²) in [6.45, 7) is 3.97. The molecule has 5 nitrogen and oxygen atoms in total. The van der Waals surface area contributed by atoms with Gasteiger partial charge in [0.15, 0.2) is 0 Å². The van der Waals surface area contributed by atoms with Crippen LogP contribution in [0.4, 0.5) is 24.5 Å². The predicted octanol–water partition coefficient (Wildman–Crippen LogP) is 6.60. The van der Waals surface area contributed by atoms with Gasteiger partial charge in [-0.2, -0.15) is 13.2 Å². The summed E-state index contributed by atoms with van der Waals surface area (Å²) in [6.07, 6.45) is -0.979. The second kappa shape index (κ2) is 8.87. The summed E-state index contributed by atoms with van der Waals surface area (Å²) in [5, 5.41) is 4.09. The summed E-state index contributed by atoms with van der Waals surface area (Å²) in [5.41, 5.74) is 4.40. The molecule has 35 heavy (non-hydrogen) atoms. The highest BCUT2D eigenvalue weighted by atomic mass is 19.4. The first-order chi connectivity index (χ1) is 16.8. The first-order valence-electron chi connectivity index (χ1n) is 11.1. The highest BCUT2D eigenvalue weighted by Crippen LogP contribution is 2.33. The SMILES string of the molecule is CC(C)/N=c1\cc2n(-c3ccc(C(F)(F)F)cc3)c3ccccc3nc-2cc1Nc1cccnc1. The maximum absolute atomic E-state index is 13.2. The predicted molar refractivity (Wildman–Crippen MR) is 131 cm³/mol. The number of anilines is 2. The van der Waals surface area contributed by atoms with Crippen LogP contribution in [-0.4, -0.2) is 20.6 Å². The van der Waals surface area contributed by atoms with Crippen LogP contribution in [0.25, 0.3) is 28.1 Å². The smallest absolute Gasteiger partial charge is 0.352 e. The van der Waals surface area contributed by atoms with Crippen LogP contribution in [0.1, 0.15) is 19.4 Å². The van der Waals surface area contributed by atoms with E-state index in [1.165, 1.54) is 12.1 Å². The van der Waals surface area contributed by atoms with Crippen molar-refractivity contribution in [1.29, 1.82) is 0 Å². The molecule has 1 aliphatic heterocycles. The van der Waals surface area contributed by atoms with Crippen molar-refractivity contribution in [2.45, 2.75) is 26.1 Å². The Hall–Kier alpha value is -4.20. The van der Waals surface area contributed by atoms with E-state index in [0.717, 1.165) is 40.2 Å². The van der Waals surface area contributed by atoms with Crippen LogP contribution >= 0.6 is 0 Å². The van der Waals surface area contributed by atoms with Gasteiger partial charge >= 0.3 is 6.18 Å². The average molecular weight is 474 g/mol. The van der Waals surface area contributed by atoms with Gasteiger partial charge < -0.3 is 9.88 Å². The Kier molecular flexibility index (Phi) is 5.72.